The van der Waals surface area contributed by atoms with E-state index >= 15 is 0 Å². The zero-order valence-corrected chi connectivity index (χ0v) is 17.5. The average molecular weight is 472 g/mol. The number of hydrogen-bond donors (Lipinski definition) is 8. The highest BCUT2D eigenvalue weighted by Gasteiger charge is 2.24. The molecule has 1 aromatic carbocycles. The van der Waals surface area contributed by atoms with Crippen LogP contribution in [0.15, 0.2) is 23.4 Å². The van der Waals surface area contributed by atoms with E-state index < -0.39 is 53.4 Å². The zero-order valence-electron chi connectivity index (χ0n) is 16.7. The molecule has 32 heavy (non-hydrogen) atoms. The molecule has 176 valence electrons. The summed E-state index contributed by atoms with van der Waals surface area (Å²) in [5, 5.41) is 52.3. The van der Waals surface area contributed by atoms with Gasteiger partial charge in [-0.3, -0.25) is 19.2 Å². The highest BCUT2D eigenvalue weighted by molar-refractivity contribution is 8.00. The van der Waals surface area contributed by atoms with E-state index in [1.54, 1.807) is 0 Å². The lowest BCUT2D eigenvalue weighted by atomic mass is 10.1. The first-order valence-corrected chi connectivity index (χ1v) is 10.2. The summed E-state index contributed by atoms with van der Waals surface area (Å²) in [5.41, 5.74) is 5.76. The number of phenols is 2. The van der Waals surface area contributed by atoms with Crippen molar-refractivity contribution in [3.05, 3.63) is 23.8 Å². The van der Waals surface area contributed by atoms with Crippen molar-refractivity contribution in [2.24, 2.45) is 10.9 Å². The van der Waals surface area contributed by atoms with Gasteiger partial charge < -0.3 is 42.0 Å². The molecule has 0 aliphatic rings. The van der Waals surface area contributed by atoms with Gasteiger partial charge in [-0.15, -0.1) is 16.9 Å². The maximum Gasteiger partial charge on any atom is 0.322 e. The molecule has 0 heterocycles. The van der Waals surface area contributed by atoms with Gasteiger partial charge in [0.2, 0.25) is 11.8 Å². The summed E-state index contributed by atoms with van der Waals surface area (Å²) in [4.78, 5) is 46.0. The number of phenolic OH excluding ortho intramolecular Hbond substituents is 2. The van der Waals surface area contributed by atoms with Crippen molar-refractivity contribution >= 4 is 41.7 Å². The molecule has 2 amide bonds. The largest absolute Gasteiger partial charge is 0.504 e. The predicted molar refractivity (Wildman–Crippen MR) is 113 cm³/mol. The van der Waals surface area contributed by atoms with Crippen molar-refractivity contribution < 1.29 is 44.8 Å². The highest BCUT2D eigenvalue weighted by Crippen LogP contribution is 2.33. The number of rotatable bonds is 13. The molecule has 14 heteroatoms. The number of carbonyl (C=O) groups excluding carboxylic acids is 2. The van der Waals surface area contributed by atoms with Crippen molar-refractivity contribution in [1.29, 1.82) is 0 Å². The number of carboxylic acid groups (broad SMARTS) is 2. The number of nitrogens with zero attached hydrogens (tertiary/aromatic N) is 1. The van der Waals surface area contributed by atoms with E-state index in [1.807, 2.05) is 0 Å². The van der Waals surface area contributed by atoms with Crippen molar-refractivity contribution in [3.63, 3.8) is 0 Å². The number of thioether (sulfide) groups is 1. The van der Waals surface area contributed by atoms with Crippen LogP contribution in [0.2, 0.25) is 0 Å². The van der Waals surface area contributed by atoms with Gasteiger partial charge in [-0.2, -0.15) is 0 Å². The molecule has 13 nitrogen and oxygen atoms in total. The summed E-state index contributed by atoms with van der Waals surface area (Å²) in [6.07, 6.45) is 0.634. The Morgan fingerprint density at radius 2 is 1.84 bits per heavy atom. The minimum Gasteiger partial charge on any atom is -0.504 e. The number of hydrogen-bond acceptors (Lipinski definition) is 10. The van der Waals surface area contributed by atoms with Crippen molar-refractivity contribution in [3.8, 4) is 11.5 Å². The van der Waals surface area contributed by atoms with Crippen LogP contribution in [0.1, 0.15) is 23.7 Å². The fourth-order valence-corrected chi connectivity index (χ4v) is 3.46. The van der Waals surface area contributed by atoms with Gasteiger partial charge in [0.1, 0.15) is 18.6 Å². The summed E-state index contributed by atoms with van der Waals surface area (Å²) in [7, 11) is 0. The molecule has 1 rings (SSSR count). The number of oxime groups is 1. The Morgan fingerprint density at radius 1 is 1.16 bits per heavy atom. The molecule has 0 aliphatic heterocycles. The van der Waals surface area contributed by atoms with E-state index in [9.17, 15) is 29.4 Å². The number of nitrogens with one attached hydrogen (secondary N) is 2. The molecule has 0 aromatic heterocycles. The van der Waals surface area contributed by atoms with Crippen LogP contribution in [-0.2, 0) is 19.2 Å². The third-order valence-corrected chi connectivity index (χ3v) is 5.32. The lowest BCUT2D eigenvalue weighted by Gasteiger charge is -2.20. The van der Waals surface area contributed by atoms with Gasteiger partial charge in [0.25, 0.3) is 0 Å². The Labute approximate surface area is 186 Å². The monoisotopic (exact) mass is 472 g/mol. The number of amides is 2. The lowest BCUT2D eigenvalue weighted by molar-refractivity contribution is -0.139. The number of benzene rings is 1. The Kier molecular flexibility index (Phi) is 10.8. The number of aromatic hydroxyl groups is 2. The molecule has 0 bridgehead atoms. The van der Waals surface area contributed by atoms with E-state index in [-0.39, 0.29) is 24.3 Å². The van der Waals surface area contributed by atoms with Crippen molar-refractivity contribution in [1.82, 2.24) is 10.6 Å². The minimum absolute atomic E-state index is 0.111. The van der Waals surface area contributed by atoms with Crippen LogP contribution in [0.4, 0.5) is 0 Å². The molecule has 9 N–H and O–H groups in total. The van der Waals surface area contributed by atoms with Crippen molar-refractivity contribution in [2.75, 3.05) is 12.3 Å². The molecule has 0 saturated heterocycles. The summed E-state index contributed by atoms with van der Waals surface area (Å²) in [6.45, 7) is -0.687. The third-order valence-electron chi connectivity index (χ3n) is 4.04. The quantitative estimate of drug-likeness (QED) is 0.0766. The fourth-order valence-electron chi connectivity index (χ4n) is 2.35. The Bertz CT molecular complexity index is 865. The topological polar surface area (TPSA) is 232 Å². The predicted octanol–water partition coefficient (Wildman–Crippen LogP) is -0.790. The standard InChI is InChI=1S/C18H24N4O9S/c19-10(18(29)30)2-4-15(25)22-11(17(28)20-7-16(26)27)8-32-14(6-21-31)9-1-3-12(23)13(24)5-9/h1,3,5-6,10-11,14,23-24,31H,2,4,7-8,19H2,(H,20,28)(H,22,25)(H,26,27)(H,29,30). The maximum atomic E-state index is 12.4. The molecule has 0 spiro atoms. The second-order valence-electron chi connectivity index (χ2n) is 6.48. The van der Waals surface area contributed by atoms with Gasteiger partial charge in [0.05, 0.1) is 11.5 Å². The van der Waals surface area contributed by atoms with E-state index in [0.29, 0.717) is 5.56 Å². The third kappa shape index (κ3) is 9.09. The van der Waals surface area contributed by atoms with E-state index in [4.69, 9.17) is 21.2 Å². The van der Waals surface area contributed by atoms with Crippen LogP contribution in [0.5, 0.6) is 11.5 Å². The molecular weight excluding hydrogens is 448 g/mol. The van der Waals surface area contributed by atoms with Crippen molar-refractivity contribution in [2.45, 2.75) is 30.2 Å². The van der Waals surface area contributed by atoms with Gasteiger partial charge >= 0.3 is 11.9 Å². The van der Waals surface area contributed by atoms with Crippen LogP contribution >= 0.6 is 11.8 Å². The first kappa shape index (κ1) is 26.5. The SMILES string of the molecule is NC(CCC(=O)NC(CSC(C=NO)c1ccc(O)c(O)c1)C(=O)NCC(=O)O)C(=O)O. The molecule has 0 fully saturated rings. The lowest BCUT2D eigenvalue weighted by Crippen LogP contribution is -2.49. The van der Waals surface area contributed by atoms with E-state index in [0.717, 1.165) is 18.0 Å². The van der Waals surface area contributed by atoms with E-state index in [1.165, 1.54) is 18.2 Å². The summed E-state index contributed by atoms with van der Waals surface area (Å²) in [5.74, 6) is -4.95. The summed E-state index contributed by atoms with van der Waals surface area (Å²) >= 11 is 1.01. The van der Waals surface area contributed by atoms with Gasteiger partial charge in [-0.1, -0.05) is 6.07 Å². The fraction of sp³-hybridized carbons (Fsp3) is 0.389. The Morgan fingerprint density at radius 3 is 2.41 bits per heavy atom. The van der Waals surface area contributed by atoms with Gasteiger partial charge in [-0.25, -0.2) is 0 Å². The molecule has 3 atom stereocenters. The molecular formula is C18H24N4O9S. The average Bonchev–Trinajstić information content (AvgIpc) is 2.73. The number of nitrogens with two attached hydrogens (primary N) is 1. The van der Waals surface area contributed by atoms with Crippen LogP contribution in [0, 0.1) is 0 Å². The molecule has 0 aliphatic carbocycles. The molecule has 0 radical (unpaired) electrons. The number of aliphatic carboxylic acids is 2. The normalized spacial score (nSPS) is 13.8. The molecule has 1 aromatic rings. The summed E-state index contributed by atoms with van der Waals surface area (Å²) in [6, 6.07) is 1.41. The molecule has 0 saturated carbocycles. The summed E-state index contributed by atoms with van der Waals surface area (Å²) < 4.78 is 0. The van der Waals surface area contributed by atoms with Crippen LogP contribution < -0.4 is 16.4 Å². The van der Waals surface area contributed by atoms with E-state index in [2.05, 4.69) is 15.8 Å². The van der Waals surface area contributed by atoms with Crippen LogP contribution in [0.3, 0.4) is 0 Å². The first-order valence-electron chi connectivity index (χ1n) is 9.13. The van der Waals surface area contributed by atoms with Gasteiger partial charge in [-0.05, 0) is 24.1 Å². The number of carboxylic acids is 2. The minimum atomic E-state index is -1.30. The molecule has 3 unspecified atom stereocenters. The van der Waals surface area contributed by atoms with Crippen LogP contribution in [-0.4, -0.2) is 80.0 Å². The number of carbonyl (C=O) groups is 4. The maximum absolute atomic E-state index is 12.4. The Hall–Kier alpha value is -3.52. The second kappa shape index (κ2) is 13.0. The highest BCUT2D eigenvalue weighted by atomic mass is 32.2. The van der Waals surface area contributed by atoms with Crippen LogP contribution in [0.25, 0.3) is 0 Å². The van der Waals surface area contributed by atoms with Gasteiger partial charge in [0, 0.05) is 12.2 Å². The smallest absolute Gasteiger partial charge is 0.322 e. The van der Waals surface area contributed by atoms with Gasteiger partial charge in [0.15, 0.2) is 11.5 Å². The Balaban J connectivity index is 2.90. The second-order valence-corrected chi connectivity index (χ2v) is 7.66. The first-order chi connectivity index (χ1) is 15.0. The zero-order chi connectivity index (χ0) is 24.3.